The Labute approximate surface area is 199 Å². The van der Waals surface area contributed by atoms with E-state index in [2.05, 4.69) is 28.8 Å². The quantitative estimate of drug-likeness (QED) is 0.401. The second-order valence-electron chi connectivity index (χ2n) is 8.66. The van der Waals surface area contributed by atoms with Crippen molar-refractivity contribution in [3.8, 4) is 5.69 Å². The number of hydrogen-bond acceptors (Lipinski definition) is 5. The van der Waals surface area contributed by atoms with Gasteiger partial charge in [0.1, 0.15) is 6.54 Å². The molecule has 0 bridgehead atoms. The van der Waals surface area contributed by atoms with Crippen molar-refractivity contribution in [2.75, 3.05) is 13.2 Å². The first-order chi connectivity index (χ1) is 15.9. The molecule has 0 radical (unpaired) electrons. The van der Waals surface area contributed by atoms with Crippen molar-refractivity contribution in [2.24, 2.45) is 0 Å². The molecule has 0 unspecified atom stereocenters. The number of aromatic nitrogens is 1. The van der Waals surface area contributed by atoms with Crippen molar-refractivity contribution in [3.05, 3.63) is 57.8 Å². The molecule has 174 valence electrons. The summed E-state index contributed by atoms with van der Waals surface area (Å²) in [6.07, 6.45) is 8.27. The Kier molecular flexibility index (Phi) is 7.08. The SMILES string of the molecule is CCOC(=O)CN1C(=O)S/C(=C\c2cc(C)n(-c3ccc(C4CCCCC4)cc3)c2C)C1=O. The summed E-state index contributed by atoms with van der Waals surface area (Å²) < 4.78 is 7.04. The molecule has 7 heteroatoms. The van der Waals surface area contributed by atoms with Gasteiger partial charge in [0.2, 0.25) is 0 Å². The minimum Gasteiger partial charge on any atom is -0.465 e. The number of imide groups is 1. The van der Waals surface area contributed by atoms with Gasteiger partial charge in [-0.25, -0.2) is 0 Å². The number of carbonyl (C=O) groups is 3. The number of benzene rings is 1. The van der Waals surface area contributed by atoms with Gasteiger partial charge >= 0.3 is 5.97 Å². The summed E-state index contributed by atoms with van der Waals surface area (Å²) in [6.45, 7) is 5.58. The minimum atomic E-state index is -0.587. The molecule has 4 rings (SSSR count). The summed E-state index contributed by atoms with van der Waals surface area (Å²) in [4.78, 5) is 38.0. The number of aryl methyl sites for hydroxylation is 1. The lowest BCUT2D eigenvalue weighted by molar-refractivity contribution is -0.145. The van der Waals surface area contributed by atoms with E-state index < -0.39 is 17.1 Å². The lowest BCUT2D eigenvalue weighted by Gasteiger charge is -2.22. The normalized spacial score (nSPS) is 18.4. The predicted molar refractivity (Wildman–Crippen MR) is 130 cm³/mol. The first-order valence-corrected chi connectivity index (χ1v) is 12.4. The van der Waals surface area contributed by atoms with Crippen molar-refractivity contribution in [2.45, 2.75) is 58.8 Å². The largest absolute Gasteiger partial charge is 0.465 e. The molecule has 1 aromatic carbocycles. The van der Waals surface area contributed by atoms with Gasteiger partial charge in [0, 0.05) is 17.1 Å². The molecule has 1 aliphatic heterocycles. The molecule has 1 saturated heterocycles. The van der Waals surface area contributed by atoms with E-state index in [4.69, 9.17) is 4.74 Å². The van der Waals surface area contributed by atoms with Crippen molar-refractivity contribution >= 4 is 35.0 Å². The van der Waals surface area contributed by atoms with Crippen molar-refractivity contribution < 1.29 is 19.1 Å². The van der Waals surface area contributed by atoms with Gasteiger partial charge in [0.05, 0.1) is 11.5 Å². The van der Waals surface area contributed by atoms with Gasteiger partial charge in [-0.15, -0.1) is 0 Å². The molecular weight excluding hydrogens is 436 g/mol. The number of amides is 2. The predicted octanol–water partition coefficient (Wildman–Crippen LogP) is 5.74. The van der Waals surface area contributed by atoms with Gasteiger partial charge in [0.15, 0.2) is 0 Å². The molecule has 1 aromatic heterocycles. The van der Waals surface area contributed by atoms with E-state index in [-0.39, 0.29) is 13.2 Å². The molecule has 2 amide bonds. The molecule has 0 atom stereocenters. The fourth-order valence-corrected chi connectivity index (χ4v) is 5.60. The Balaban J connectivity index is 1.55. The monoisotopic (exact) mass is 466 g/mol. The van der Waals surface area contributed by atoms with Crippen LogP contribution in [0.4, 0.5) is 4.79 Å². The molecule has 6 nitrogen and oxygen atoms in total. The Morgan fingerprint density at radius 1 is 1.12 bits per heavy atom. The van der Waals surface area contributed by atoms with Gasteiger partial charge in [-0.2, -0.15) is 0 Å². The fourth-order valence-electron chi connectivity index (χ4n) is 4.78. The standard InChI is InChI=1S/C26H30N2O4S/c1-4-32-24(29)16-27-25(30)23(33-26(27)31)15-21-14-17(2)28(18(21)3)22-12-10-20(11-13-22)19-8-6-5-7-9-19/h10-15,19H,4-9,16H2,1-3H3/b23-15-. The van der Waals surface area contributed by atoms with E-state index in [9.17, 15) is 14.4 Å². The van der Waals surface area contributed by atoms with E-state index in [1.54, 1.807) is 13.0 Å². The maximum Gasteiger partial charge on any atom is 0.326 e. The van der Waals surface area contributed by atoms with Crippen LogP contribution >= 0.6 is 11.8 Å². The summed E-state index contributed by atoms with van der Waals surface area (Å²) in [7, 11) is 0. The van der Waals surface area contributed by atoms with Crippen molar-refractivity contribution in [3.63, 3.8) is 0 Å². The number of thioether (sulfide) groups is 1. The van der Waals surface area contributed by atoms with E-state index >= 15 is 0 Å². The van der Waals surface area contributed by atoms with Gasteiger partial charge in [-0.05, 0) is 86.7 Å². The van der Waals surface area contributed by atoms with Gasteiger partial charge in [-0.3, -0.25) is 19.3 Å². The van der Waals surface area contributed by atoms with E-state index in [1.807, 2.05) is 19.9 Å². The Morgan fingerprint density at radius 3 is 2.48 bits per heavy atom. The lowest BCUT2D eigenvalue weighted by atomic mass is 9.84. The molecule has 0 spiro atoms. The number of rotatable bonds is 6. The van der Waals surface area contributed by atoms with Crippen LogP contribution in [0.25, 0.3) is 11.8 Å². The highest BCUT2D eigenvalue weighted by Crippen LogP contribution is 2.35. The highest BCUT2D eigenvalue weighted by molar-refractivity contribution is 8.18. The fraction of sp³-hybridized carbons (Fsp3) is 0.423. The van der Waals surface area contributed by atoms with Gasteiger partial charge in [-0.1, -0.05) is 31.4 Å². The van der Waals surface area contributed by atoms with Crippen LogP contribution in [-0.2, 0) is 14.3 Å². The van der Waals surface area contributed by atoms with Gasteiger partial charge < -0.3 is 9.30 Å². The molecule has 2 aromatic rings. The van der Waals surface area contributed by atoms with Crippen LogP contribution in [0.3, 0.4) is 0 Å². The van der Waals surface area contributed by atoms with Crippen molar-refractivity contribution in [1.29, 1.82) is 0 Å². The van der Waals surface area contributed by atoms with Crippen LogP contribution in [0.2, 0.25) is 0 Å². The first kappa shape index (κ1) is 23.4. The maximum absolute atomic E-state index is 12.7. The van der Waals surface area contributed by atoms with Crippen LogP contribution < -0.4 is 0 Å². The molecule has 1 saturated carbocycles. The lowest BCUT2D eigenvalue weighted by Crippen LogP contribution is -2.34. The molecular formula is C26H30N2O4S. The van der Waals surface area contributed by atoms with E-state index in [0.717, 1.165) is 39.3 Å². The van der Waals surface area contributed by atoms with Crippen LogP contribution in [-0.4, -0.2) is 39.7 Å². The Morgan fingerprint density at radius 2 is 1.82 bits per heavy atom. The van der Waals surface area contributed by atoms with Crippen LogP contribution in [0.1, 0.15) is 67.5 Å². The number of nitrogens with zero attached hydrogens (tertiary/aromatic N) is 2. The average Bonchev–Trinajstić information content (AvgIpc) is 3.24. The second kappa shape index (κ2) is 10.00. The number of esters is 1. The zero-order valence-corrected chi connectivity index (χ0v) is 20.2. The van der Waals surface area contributed by atoms with Crippen LogP contribution in [0.5, 0.6) is 0 Å². The zero-order chi connectivity index (χ0) is 23.5. The summed E-state index contributed by atoms with van der Waals surface area (Å²) in [5.41, 5.74) is 5.42. The van der Waals surface area contributed by atoms with E-state index in [1.165, 1.54) is 37.7 Å². The number of ether oxygens (including phenoxy) is 1. The Bertz CT molecular complexity index is 1090. The summed E-state index contributed by atoms with van der Waals surface area (Å²) in [6, 6.07) is 10.8. The van der Waals surface area contributed by atoms with Crippen molar-refractivity contribution in [1.82, 2.24) is 9.47 Å². The summed E-state index contributed by atoms with van der Waals surface area (Å²) >= 11 is 0.856. The number of hydrogen-bond donors (Lipinski definition) is 0. The third-order valence-electron chi connectivity index (χ3n) is 6.45. The first-order valence-electron chi connectivity index (χ1n) is 11.6. The number of carbonyl (C=O) groups excluding carboxylic acids is 3. The second-order valence-corrected chi connectivity index (χ2v) is 9.65. The molecule has 2 fully saturated rings. The molecule has 33 heavy (non-hydrogen) atoms. The smallest absolute Gasteiger partial charge is 0.326 e. The highest BCUT2D eigenvalue weighted by atomic mass is 32.2. The highest BCUT2D eigenvalue weighted by Gasteiger charge is 2.36. The summed E-state index contributed by atoms with van der Waals surface area (Å²) in [5, 5.41) is -0.452. The molecule has 1 aliphatic carbocycles. The van der Waals surface area contributed by atoms with Crippen LogP contribution in [0.15, 0.2) is 35.2 Å². The third-order valence-corrected chi connectivity index (χ3v) is 7.36. The average molecular weight is 467 g/mol. The molecule has 0 N–H and O–H groups in total. The topological polar surface area (TPSA) is 68.6 Å². The van der Waals surface area contributed by atoms with E-state index in [0.29, 0.717) is 10.8 Å². The van der Waals surface area contributed by atoms with Crippen LogP contribution in [0, 0.1) is 13.8 Å². The molecule has 2 aliphatic rings. The summed E-state index contributed by atoms with van der Waals surface area (Å²) in [5.74, 6) is -0.379. The Hall–Kier alpha value is -2.80. The third kappa shape index (κ3) is 4.93. The van der Waals surface area contributed by atoms with Gasteiger partial charge in [0.25, 0.3) is 11.1 Å². The zero-order valence-electron chi connectivity index (χ0n) is 19.4. The minimum absolute atomic E-state index is 0.207. The maximum atomic E-state index is 12.7. The molecule has 2 heterocycles.